The molecule has 12 heteroatoms. The SMILES string of the molecule is Cl.NCc1ccc(-c2ncnn3cc(-c4ccc(CN5CCC(c6ccc(NC7CCC(=O)NC7=O)cn6)CC5)cc4)cc23)cc1F. The number of pyridine rings is 1. The molecule has 5 aromatic rings. The van der Waals surface area contributed by atoms with Crippen LogP contribution in [0.2, 0.25) is 0 Å². The lowest BCUT2D eigenvalue weighted by atomic mass is 9.92. The van der Waals surface area contributed by atoms with Crippen molar-refractivity contribution in [3.63, 3.8) is 0 Å². The fraction of sp³-hybridized carbons (Fsp3) is 0.286. The van der Waals surface area contributed by atoms with Crippen molar-refractivity contribution in [3.8, 4) is 22.4 Å². The molecule has 1 unspecified atom stereocenters. The molecule has 1 atom stereocenters. The smallest absolute Gasteiger partial charge is 0.249 e. The van der Waals surface area contributed by atoms with Gasteiger partial charge in [-0.05, 0) is 67.7 Å². The number of aromatic nitrogens is 4. The van der Waals surface area contributed by atoms with E-state index in [1.165, 1.54) is 18.0 Å². The van der Waals surface area contributed by atoms with Gasteiger partial charge in [-0.15, -0.1) is 12.4 Å². The van der Waals surface area contributed by atoms with Crippen molar-refractivity contribution in [2.75, 3.05) is 18.4 Å². The van der Waals surface area contributed by atoms with E-state index in [4.69, 9.17) is 10.7 Å². The summed E-state index contributed by atoms with van der Waals surface area (Å²) >= 11 is 0. The maximum absolute atomic E-state index is 14.5. The van der Waals surface area contributed by atoms with Gasteiger partial charge in [0, 0.05) is 54.0 Å². The number of nitrogens with zero attached hydrogens (tertiary/aromatic N) is 5. The second-order valence-corrected chi connectivity index (χ2v) is 12.0. The van der Waals surface area contributed by atoms with Crippen LogP contribution in [-0.2, 0) is 22.7 Å². The first-order valence-corrected chi connectivity index (χ1v) is 15.6. The molecular formula is C35H36ClFN8O2. The molecule has 0 bridgehead atoms. The van der Waals surface area contributed by atoms with Crippen molar-refractivity contribution in [2.24, 2.45) is 5.73 Å². The van der Waals surface area contributed by atoms with Crippen LogP contribution in [0, 0.1) is 5.82 Å². The number of nitrogens with one attached hydrogen (secondary N) is 2. The number of halogens is 2. The zero-order valence-corrected chi connectivity index (χ0v) is 26.5. The highest BCUT2D eigenvalue weighted by Gasteiger charge is 2.27. The second kappa shape index (κ2) is 14.0. The number of amides is 2. The van der Waals surface area contributed by atoms with Gasteiger partial charge in [0.25, 0.3) is 0 Å². The van der Waals surface area contributed by atoms with Gasteiger partial charge >= 0.3 is 0 Å². The molecule has 10 nitrogen and oxygen atoms in total. The molecule has 2 aromatic carbocycles. The predicted molar refractivity (Wildman–Crippen MR) is 180 cm³/mol. The van der Waals surface area contributed by atoms with Gasteiger partial charge < -0.3 is 11.1 Å². The Kier molecular flexibility index (Phi) is 9.58. The van der Waals surface area contributed by atoms with Gasteiger partial charge in [-0.25, -0.2) is 13.9 Å². The highest BCUT2D eigenvalue weighted by Crippen LogP contribution is 2.31. The van der Waals surface area contributed by atoms with Crippen LogP contribution in [-0.4, -0.2) is 55.4 Å². The minimum Gasteiger partial charge on any atom is -0.372 e. The van der Waals surface area contributed by atoms with Gasteiger partial charge in [0.05, 0.1) is 23.1 Å². The van der Waals surface area contributed by atoms with Crippen LogP contribution in [0.25, 0.3) is 27.9 Å². The van der Waals surface area contributed by atoms with Crippen molar-refractivity contribution in [1.29, 1.82) is 0 Å². The van der Waals surface area contributed by atoms with Crippen molar-refractivity contribution in [2.45, 2.75) is 50.7 Å². The third-order valence-electron chi connectivity index (χ3n) is 9.02. The van der Waals surface area contributed by atoms with E-state index in [1.807, 2.05) is 30.5 Å². The Balaban J connectivity index is 0.00000386. The molecule has 0 saturated carbocycles. The standard InChI is InChI=1S/C35H35FN8O2.ClH/c36-29-15-25(5-6-26(29)17-37)34-32-16-27(20-44(32)40-21-39-34)23-3-1-22(2-4-23)19-43-13-11-24(12-14-43)30-8-7-28(18-38-30)41-31-9-10-33(45)42-35(31)46;/h1-8,15-16,18,20-21,24,31,41H,9-14,17,19,37H2,(H,42,45,46);1H. The molecule has 2 saturated heterocycles. The second-order valence-electron chi connectivity index (χ2n) is 12.0. The number of piperidine rings is 2. The predicted octanol–water partition coefficient (Wildman–Crippen LogP) is 5.07. The first-order valence-electron chi connectivity index (χ1n) is 15.6. The average molecular weight is 655 g/mol. The normalized spacial score (nSPS) is 17.4. The van der Waals surface area contributed by atoms with Gasteiger partial charge in [0.15, 0.2) is 0 Å². The number of rotatable bonds is 8. The minimum atomic E-state index is -0.412. The number of hydrogen-bond donors (Lipinski definition) is 3. The molecular weight excluding hydrogens is 619 g/mol. The number of carbonyl (C=O) groups is 2. The maximum Gasteiger partial charge on any atom is 0.249 e. The number of carbonyl (C=O) groups excluding carboxylic acids is 2. The van der Waals surface area contributed by atoms with Crippen LogP contribution in [0.5, 0.6) is 0 Å². The van der Waals surface area contributed by atoms with Crippen LogP contribution < -0.4 is 16.4 Å². The molecule has 0 aliphatic carbocycles. The fourth-order valence-electron chi connectivity index (χ4n) is 6.38. The molecule has 2 amide bonds. The molecule has 242 valence electrons. The number of fused-ring (bicyclic) bond motifs is 1. The molecule has 2 aliphatic rings. The number of likely N-dealkylation sites (tertiary alicyclic amines) is 1. The Morgan fingerprint density at radius 3 is 2.43 bits per heavy atom. The number of benzene rings is 2. The van der Waals surface area contributed by atoms with Crippen LogP contribution >= 0.6 is 12.4 Å². The lowest BCUT2D eigenvalue weighted by Gasteiger charge is -2.31. The molecule has 3 aromatic heterocycles. The van der Waals surface area contributed by atoms with Crippen LogP contribution in [0.4, 0.5) is 10.1 Å². The highest BCUT2D eigenvalue weighted by atomic mass is 35.5. The first kappa shape index (κ1) is 32.2. The van der Waals surface area contributed by atoms with E-state index in [1.54, 1.807) is 16.8 Å². The van der Waals surface area contributed by atoms with Gasteiger partial charge in [-0.1, -0.05) is 36.4 Å². The van der Waals surface area contributed by atoms with E-state index >= 15 is 0 Å². The van der Waals surface area contributed by atoms with Crippen LogP contribution in [0.15, 0.2) is 79.4 Å². The lowest BCUT2D eigenvalue weighted by molar-refractivity contribution is -0.133. The number of anilines is 1. The third kappa shape index (κ3) is 7.02. The average Bonchev–Trinajstić information content (AvgIpc) is 3.52. The summed E-state index contributed by atoms with van der Waals surface area (Å²) in [5.41, 5.74) is 13.5. The van der Waals surface area contributed by atoms with Gasteiger partial charge in [0.1, 0.15) is 18.2 Å². The van der Waals surface area contributed by atoms with Crippen molar-refractivity contribution in [3.05, 3.63) is 102 Å². The molecule has 2 fully saturated rings. The van der Waals surface area contributed by atoms with Gasteiger partial charge in [-0.3, -0.25) is 24.8 Å². The molecule has 0 radical (unpaired) electrons. The van der Waals surface area contributed by atoms with Gasteiger partial charge in [-0.2, -0.15) is 5.10 Å². The molecule has 5 heterocycles. The fourth-order valence-corrected chi connectivity index (χ4v) is 6.38. The minimum absolute atomic E-state index is 0. The topological polar surface area (TPSA) is 131 Å². The van der Waals surface area contributed by atoms with Gasteiger partial charge in [0.2, 0.25) is 11.8 Å². The zero-order chi connectivity index (χ0) is 31.6. The number of hydrogen-bond acceptors (Lipinski definition) is 8. The molecule has 0 spiro atoms. The van der Waals surface area contributed by atoms with E-state index in [0.717, 1.165) is 60.5 Å². The largest absolute Gasteiger partial charge is 0.372 e. The van der Waals surface area contributed by atoms with Crippen molar-refractivity contribution in [1.82, 2.24) is 29.8 Å². The molecule has 4 N–H and O–H groups in total. The van der Waals surface area contributed by atoms with E-state index in [2.05, 4.69) is 49.9 Å². The number of imide groups is 1. The Morgan fingerprint density at radius 1 is 0.936 bits per heavy atom. The molecule has 7 rings (SSSR count). The van der Waals surface area contributed by atoms with E-state index in [0.29, 0.717) is 35.6 Å². The van der Waals surface area contributed by atoms with Crippen LogP contribution in [0.1, 0.15) is 48.4 Å². The maximum atomic E-state index is 14.5. The summed E-state index contributed by atoms with van der Waals surface area (Å²) in [6.45, 7) is 3.01. The Hall–Kier alpha value is -4.71. The summed E-state index contributed by atoms with van der Waals surface area (Å²) in [6, 6.07) is 19.3. The summed E-state index contributed by atoms with van der Waals surface area (Å²) < 4.78 is 16.2. The van der Waals surface area contributed by atoms with Crippen molar-refractivity contribution < 1.29 is 14.0 Å². The Labute approximate surface area is 278 Å². The van der Waals surface area contributed by atoms with Crippen molar-refractivity contribution >= 4 is 35.4 Å². The Morgan fingerprint density at radius 2 is 1.72 bits per heavy atom. The molecule has 47 heavy (non-hydrogen) atoms. The summed E-state index contributed by atoms with van der Waals surface area (Å²) in [6.07, 6.45) is 8.14. The Bertz CT molecular complexity index is 1890. The summed E-state index contributed by atoms with van der Waals surface area (Å²) in [5, 5.41) is 9.95. The quantitative estimate of drug-likeness (QED) is 0.198. The van der Waals surface area contributed by atoms with E-state index in [-0.39, 0.29) is 36.6 Å². The number of nitrogens with two attached hydrogens (primary N) is 1. The summed E-state index contributed by atoms with van der Waals surface area (Å²) in [4.78, 5) is 35.1. The first-order chi connectivity index (χ1) is 22.4. The monoisotopic (exact) mass is 654 g/mol. The lowest BCUT2D eigenvalue weighted by Crippen LogP contribution is -2.47. The highest BCUT2D eigenvalue weighted by molar-refractivity contribution is 6.01. The van der Waals surface area contributed by atoms with E-state index < -0.39 is 6.04 Å². The van der Waals surface area contributed by atoms with E-state index in [9.17, 15) is 14.0 Å². The van der Waals surface area contributed by atoms with Crippen LogP contribution in [0.3, 0.4) is 0 Å². The summed E-state index contributed by atoms with van der Waals surface area (Å²) in [7, 11) is 0. The third-order valence-corrected chi connectivity index (χ3v) is 9.02. The summed E-state index contributed by atoms with van der Waals surface area (Å²) in [5.74, 6) is -0.443. The molecule has 2 aliphatic heterocycles. The zero-order valence-electron chi connectivity index (χ0n) is 25.7.